The maximum atomic E-state index is 13.7. The van der Waals surface area contributed by atoms with Gasteiger partial charge in [0.05, 0.1) is 17.4 Å². The van der Waals surface area contributed by atoms with E-state index in [1.165, 1.54) is 23.5 Å². The number of nitrogens with one attached hydrogen (secondary N) is 1. The van der Waals surface area contributed by atoms with Crippen LogP contribution in [0.2, 0.25) is 0 Å². The number of nitrogens with zero attached hydrogens (tertiary/aromatic N) is 4. The number of piperazine rings is 1. The highest BCUT2D eigenvalue weighted by Crippen LogP contribution is 2.36. The predicted octanol–water partition coefficient (Wildman–Crippen LogP) is 5.03. The molecule has 1 aliphatic heterocycles. The van der Waals surface area contributed by atoms with Crippen molar-refractivity contribution < 1.29 is 13.9 Å². The zero-order valence-electron chi connectivity index (χ0n) is 19.8. The van der Waals surface area contributed by atoms with E-state index in [1.54, 1.807) is 19.5 Å². The Morgan fingerprint density at radius 2 is 1.74 bits per heavy atom. The summed E-state index contributed by atoms with van der Waals surface area (Å²) in [5, 5.41) is 3.75. The van der Waals surface area contributed by atoms with Crippen LogP contribution in [0.1, 0.15) is 20.8 Å². The van der Waals surface area contributed by atoms with Gasteiger partial charge >= 0.3 is 0 Å². The SMILES string of the molecule is COc1ccc(N2CCN(c3ncnc4sc(C(=O)Nc5cc(F)ccc5C)c(C)c34)CC2)cc1. The van der Waals surface area contributed by atoms with Crippen LogP contribution in [0.15, 0.2) is 48.8 Å². The summed E-state index contributed by atoms with van der Waals surface area (Å²) in [7, 11) is 1.67. The van der Waals surface area contributed by atoms with Gasteiger partial charge in [0.15, 0.2) is 0 Å². The van der Waals surface area contributed by atoms with Crippen molar-refractivity contribution in [2.24, 2.45) is 0 Å². The number of hydrogen-bond donors (Lipinski definition) is 1. The van der Waals surface area contributed by atoms with E-state index >= 15 is 0 Å². The highest BCUT2D eigenvalue weighted by molar-refractivity contribution is 7.20. The van der Waals surface area contributed by atoms with Crippen molar-refractivity contribution >= 4 is 44.7 Å². The number of carbonyl (C=O) groups excluding carboxylic acids is 1. The molecule has 7 nitrogen and oxygen atoms in total. The molecular formula is C26H26FN5O2S. The first-order chi connectivity index (χ1) is 16.9. The van der Waals surface area contributed by atoms with Gasteiger partial charge in [0.25, 0.3) is 5.91 Å². The van der Waals surface area contributed by atoms with Gasteiger partial charge in [0.1, 0.15) is 28.5 Å². The van der Waals surface area contributed by atoms with Crippen LogP contribution >= 0.6 is 11.3 Å². The molecule has 1 aliphatic rings. The first kappa shape index (κ1) is 23.0. The number of hydrogen-bond acceptors (Lipinski definition) is 7. The molecule has 3 heterocycles. The van der Waals surface area contributed by atoms with Gasteiger partial charge in [-0.25, -0.2) is 14.4 Å². The fourth-order valence-electron chi connectivity index (χ4n) is 4.39. The Kier molecular flexibility index (Phi) is 6.25. The summed E-state index contributed by atoms with van der Waals surface area (Å²) in [4.78, 5) is 28.1. The van der Waals surface area contributed by atoms with E-state index in [0.29, 0.717) is 10.6 Å². The van der Waals surface area contributed by atoms with Crippen molar-refractivity contribution in [3.05, 3.63) is 70.6 Å². The number of amides is 1. The standard InChI is InChI=1S/C26H26FN5O2S/c1-16-4-5-18(27)14-21(16)30-25(33)23-17(2)22-24(28-15-29-26(22)35-23)32-12-10-31(11-13-32)19-6-8-20(34-3)9-7-19/h4-9,14-15H,10-13H2,1-3H3,(H,30,33). The first-order valence-corrected chi connectivity index (χ1v) is 12.2. The molecule has 0 atom stereocenters. The molecule has 1 amide bonds. The van der Waals surface area contributed by atoms with Gasteiger partial charge < -0.3 is 19.9 Å². The highest BCUT2D eigenvalue weighted by Gasteiger charge is 2.25. The number of aryl methyl sites for hydroxylation is 2. The average molecular weight is 492 g/mol. The Morgan fingerprint density at radius 1 is 1.03 bits per heavy atom. The number of benzene rings is 2. The van der Waals surface area contributed by atoms with E-state index in [0.717, 1.165) is 64.8 Å². The quantitative estimate of drug-likeness (QED) is 0.422. The summed E-state index contributed by atoms with van der Waals surface area (Å²) < 4.78 is 19.0. The molecule has 35 heavy (non-hydrogen) atoms. The molecule has 9 heteroatoms. The third-order valence-corrected chi connectivity index (χ3v) is 7.58. The molecule has 0 unspecified atom stereocenters. The third kappa shape index (κ3) is 4.51. The van der Waals surface area contributed by atoms with E-state index in [4.69, 9.17) is 4.74 Å². The minimum Gasteiger partial charge on any atom is -0.497 e. The minimum absolute atomic E-state index is 0.269. The Bertz CT molecular complexity index is 1380. The predicted molar refractivity (Wildman–Crippen MR) is 139 cm³/mol. The lowest BCUT2D eigenvalue weighted by atomic mass is 10.1. The lowest BCUT2D eigenvalue weighted by molar-refractivity contribution is 0.103. The van der Waals surface area contributed by atoms with Crippen LogP contribution in [0.25, 0.3) is 10.2 Å². The molecule has 0 spiro atoms. The van der Waals surface area contributed by atoms with E-state index in [-0.39, 0.29) is 11.7 Å². The summed E-state index contributed by atoms with van der Waals surface area (Å²) in [6.07, 6.45) is 1.56. The number of rotatable bonds is 5. The van der Waals surface area contributed by atoms with Gasteiger partial charge in [0, 0.05) is 37.6 Å². The Labute approximate surface area is 207 Å². The molecule has 1 fully saturated rings. The van der Waals surface area contributed by atoms with Crippen LogP contribution in [0.5, 0.6) is 5.75 Å². The zero-order chi connectivity index (χ0) is 24.5. The molecule has 4 aromatic rings. The zero-order valence-corrected chi connectivity index (χ0v) is 20.7. The summed E-state index contributed by atoms with van der Waals surface area (Å²) in [5.74, 6) is 1.03. The second-order valence-corrected chi connectivity index (χ2v) is 9.52. The number of carbonyl (C=O) groups is 1. The number of fused-ring (bicyclic) bond motifs is 1. The molecule has 0 aliphatic carbocycles. The average Bonchev–Trinajstić information content (AvgIpc) is 3.23. The molecule has 5 rings (SSSR count). The number of aromatic nitrogens is 2. The van der Waals surface area contributed by atoms with Crippen molar-refractivity contribution in [2.45, 2.75) is 13.8 Å². The second-order valence-electron chi connectivity index (χ2n) is 8.52. The van der Waals surface area contributed by atoms with Crippen LogP contribution < -0.4 is 19.9 Å². The number of thiophene rings is 1. The molecule has 180 valence electrons. The van der Waals surface area contributed by atoms with Gasteiger partial charge in [-0.1, -0.05) is 6.07 Å². The highest BCUT2D eigenvalue weighted by atomic mass is 32.1. The van der Waals surface area contributed by atoms with Crippen molar-refractivity contribution in [3.8, 4) is 5.75 Å². The first-order valence-electron chi connectivity index (χ1n) is 11.4. The van der Waals surface area contributed by atoms with Crippen LogP contribution in [0.3, 0.4) is 0 Å². The van der Waals surface area contributed by atoms with Gasteiger partial charge in [-0.15, -0.1) is 11.3 Å². The van der Waals surface area contributed by atoms with E-state index < -0.39 is 0 Å². The van der Waals surface area contributed by atoms with E-state index in [1.807, 2.05) is 26.0 Å². The fourth-order valence-corrected chi connectivity index (χ4v) is 5.43. The molecule has 1 saturated heterocycles. The minimum atomic E-state index is -0.388. The molecule has 0 bridgehead atoms. The topological polar surface area (TPSA) is 70.6 Å². The molecule has 1 N–H and O–H groups in total. The molecule has 0 radical (unpaired) electrons. The Hall–Kier alpha value is -3.72. The van der Waals surface area contributed by atoms with Gasteiger partial charge in [-0.05, 0) is 61.4 Å². The summed E-state index contributed by atoms with van der Waals surface area (Å²) >= 11 is 1.33. The van der Waals surface area contributed by atoms with Crippen LogP contribution in [-0.2, 0) is 0 Å². The Balaban J connectivity index is 1.37. The van der Waals surface area contributed by atoms with Gasteiger partial charge in [-0.3, -0.25) is 4.79 Å². The normalized spacial score (nSPS) is 13.8. The number of anilines is 3. The fraction of sp³-hybridized carbons (Fsp3) is 0.269. The van der Waals surface area contributed by atoms with Crippen molar-refractivity contribution in [3.63, 3.8) is 0 Å². The maximum absolute atomic E-state index is 13.7. The second kappa shape index (κ2) is 9.50. The third-order valence-electron chi connectivity index (χ3n) is 6.38. The molecule has 2 aromatic heterocycles. The van der Waals surface area contributed by atoms with E-state index in [2.05, 4.69) is 37.2 Å². The lowest BCUT2D eigenvalue weighted by Gasteiger charge is -2.37. The van der Waals surface area contributed by atoms with Crippen molar-refractivity contribution in [1.29, 1.82) is 0 Å². The Morgan fingerprint density at radius 3 is 2.46 bits per heavy atom. The monoisotopic (exact) mass is 491 g/mol. The summed E-state index contributed by atoms with van der Waals surface area (Å²) in [6.45, 7) is 7.07. The summed E-state index contributed by atoms with van der Waals surface area (Å²) in [5.41, 5.74) is 3.27. The number of ether oxygens (including phenoxy) is 1. The van der Waals surface area contributed by atoms with Gasteiger partial charge in [-0.2, -0.15) is 0 Å². The van der Waals surface area contributed by atoms with Crippen molar-refractivity contribution in [2.75, 3.05) is 48.4 Å². The maximum Gasteiger partial charge on any atom is 0.266 e. The largest absolute Gasteiger partial charge is 0.497 e. The molecular weight excluding hydrogens is 465 g/mol. The molecule has 2 aromatic carbocycles. The van der Waals surface area contributed by atoms with Crippen LogP contribution in [-0.4, -0.2) is 49.2 Å². The molecule has 0 saturated carbocycles. The number of methoxy groups -OCH3 is 1. The smallest absolute Gasteiger partial charge is 0.266 e. The lowest BCUT2D eigenvalue weighted by Crippen LogP contribution is -2.46. The van der Waals surface area contributed by atoms with Crippen LogP contribution in [0.4, 0.5) is 21.6 Å². The van der Waals surface area contributed by atoms with Crippen molar-refractivity contribution in [1.82, 2.24) is 9.97 Å². The van der Waals surface area contributed by atoms with Gasteiger partial charge in [0.2, 0.25) is 0 Å². The van der Waals surface area contributed by atoms with Crippen LogP contribution in [0, 0.1) is 19.7 Å². The number of halogens is 1. The van der Waals surface area contributed by atoms with E-state index in [9.17, 15) is 9.18 Å². The summed E-state index contributed by atoms with van der Waals surface area (Å²) in [6, 6.07) is 12.5.